The molecule has 28 heavy (non-hydrogen) atoms. The van der Waals surface area contributed by atoms with Crippen LogP contribution in [0.1, 0.15) is 31.0 Å². The van der Waals surface area contributed by atoms with Gasteiger partial charge < -0.3 is 15.2 Å². The maximum Gasteiger partial charge on any atom is 0.338 e. The number of nitriles is 1. The lowest BCUT2D eigenvalue weighted by Crippen LogP contribution is -2.26. The van der Waals surface area contributed by atoms with E-state index in [1.807, 2.05) is 36.4 Å². The normalized spacial score (nSPS) is 16.6. The Morgan fingerprint density at radius 2 is 2.07 bits per heavy atom. The Bertz CT molecular complexity index is 1030. The molecule has 0 aliphatic carbocycles. The molecule has 1 aromatic carbocycles. The summed E-state index contributed by atoms with van der Waals surface area (Å²) in [6.45, 7) is 5.25. The van der Waals surface area contributed by atoms with E-state index in [1.165, 1.54) is 0 Å². The summed E-state index contributed by atoms with van der Waals surface area (Å²) in [6.07, 6.45) is 0. The van der Waals surface area contributed by atoms with Gasteiger partial charge in [-0.15, -0.1) is 0 Å². The maximum absolute atomic E-state index is 12.7. The van der Waals surface area contributed by atoms with E-state index in [0.29, 0.717) is 11.3 Å². The van der Waals surface area contributed by atoms with Gasteiger partial charge in [0.1, 0.15) is 22.6 Å². The van der Waals surface area contributed by atoms with E-state index >= 15 is 0 Å². The van der Waals surface area contributed by atoms with Crippen LogP contribution in [0, 0.1) is 18.3 Å². The van der Waals surface area contributed by atoms with Crippen LogP contribution >= 0.6 is 11.6 Å². The van der Waals surface area contributed by atoms with Crippen LogP contribution in [0.3, 0.4) is 0 Å². The SMILES string of the molecule is CCOC(=O)C1=C(C)OC(N)=C(C#N)[C@@H]1c1c(C)nn(-c2ccccc2)c1Cl. The Morgan fingerprint density at radius 3 is 2.68 bits per heavy atom. The molecule has 2 N–H and O–H groups in total. The minimum Gasteiger partial charge on any atom is -0.463 e. The summed E-state index contributed by atoms with van der Waals surface area (Å²) in [5.41, 5.74) is 8.04. The fourth-order valence-electron chi connectivity index (χ4n) is 3.22. The third-order valence-electron chi connectivity index (χ3n) is 4.44. The lowest BCUT2D eigenvalue weighted by Gasteiger charge is -2.26. The fraction of sp³-hybridized carbons (Fsp3) is 0.250. The maximum atomic E-state index is 12.7. The number of hydrogen-bond acceptors (Lipinski definition) is 6. The Morgan fingerprint density at radius 1 is 1.39 bits per heavy atom. The quantitative estimate of drug-likeness (QED) is 0.791. The predicted molar refractivity (Wildman–Crippen MR) is 103 cm³/mol. The van der Waals surface area contributed by atoms with Crippen molar-refractivity contribution in [2.24, 2.45) is 5.73 Å². The van der Waals surface area contributed by atoms with Gasteiger partial charge in [-0.1, -0.05) is 29.8 Å². The van der Waals surface area contributed by atoms with Crippen LogP contribution in [-0.2, 0) is 14.3 Å². The van der Waals surface area contributed by atoms with Crippen molar-refractivity contribution in [3.05, 3.63) is 69.5 Å². The molecule has 0 amide bonds. The van der Waals surface area contributed by atoms with Gasteiger partial charge in [-0.05, 0) is 32.9 Å². The summed E-state index contributed by atoms with van der Waals surface area (Å²) in [7, 11) is 0. The van der Waals surface area contributed by atoms with E-state index in [1.54, 1.807) is 25.5 Å². The Labute approximate surface area is 167 Å². The van der Waals surface area contributed by atoms with E-state index in [2.05, 4.69) is 5.10 Å². The van der Waals surface area contributed by atoms with Crippen LogP contribution in [0.15, 0.2) is 53.1 Å². The average Bonchev–Trinajstić information content (AvgIpc) is 2.96. The largest absolute Gasteiger partial charge is 0.463 e. The summed E-state index contributed by atoms with van der Waals surface area (Å²) in [5.74, 6) is -1.22. The van der Waals surface area contributed by atoms with Crippen LogP contribution in [0.2, 0.25) is 5.15 Å². The number of para-hydroxylation sites is 1. The molecule has 1 aliphatic rings. The minimum absolute atomic E-state index is 0.0685. The van der Waals surface area contributed by atoms with Gasteiger partial charge in [0.15, 0.2) is 0 Å². The van der Waals surface area contributed by atoms with Gasteiger partial charge in [0.25, 0.3) is 0 Å². The van der Waals surface area contributed by atoms with E-state index in [4.69, 9.17) is 26.8 Å². The van der Waals surface area contributed by atoms with Crippen LogP contribution in [0.5, 0.6) is 0 Å². The molecular formula is C20H19ClN4O3. The molecule has 2 aromatic rings. The number of allylic oxidation sites excluding steroid dienone is 2. The highest BCUT2D eigenvalue weighted by Gasteiger charge is 2.39. The first kappa shape index (κ1) is 19.5. The van der Waals surface area contributed by atoms with Gasteiger partial charge in [0.2, 0.25) is 5.88 Å². The molecule has 1 aliphatic heterocycles. The molecule has 7 nitrogen and oxygen atoms in total. The number of ether oxygens (including phenoxy) is 2. The van der Waals surface area contributed by atoms with Gasteiger partial charge in [0, 0.05) is 5.56 Å². The molecule has 0 spiro atoms. The van der Waals surface area contributed by atoms with Gasteiger partial charge in [0.05, 0.1) is 29.5 Å². The van der Waals surface area contributed by atoms with Crippen LogP contribution < -0.4 is 5.73 Å². The number of rotatable bonds is 4. The zero-order chi connectivity index (χ0) is 20.4. The van der Waals surface area contributed by atoms with Gasteiger partial charge in [-0.25, -0.2) is 9.48 Å². The van der Waals surface area contributed by atoms with Crippen molar-refractivity contribution in [1.29, 1.82) is 5.26 Å². The summed E-state index contributed by atoms with van der Waals surface area (Å²) >= 11 is 6.67. The predicted octanol–water partition coefficient (Wildman–Crippen LogP) is 3.48. The molecule has 0 saturated heterocycles. The monoisotopic (exact) mass is 398 g/mol. The second kappa shape index (κ2) is 7.79. The fourth-order valence-corrected chi connectivity index (χ4v) is 3.60. The first-order valence-corrected chi connectivity index (χ1v) is 9.04. The lowest BCUT2D eigenvalue weighted by molar-refractivity contribution is -0.139. The number of hydrogen-bond donors (Lipinski definition) is 1. The number of carbonyl (C=O) groups is 1. The molecule has 3 rings (SSSR count). The Hall–Kier alpha value is -3.24. The van der Waals surface area contributed by atoms with Crippen molar-refractivity contribution in [1.82, 2.24) is 9.78 Å². The molecule has 0 bridgehead atoms. The molecule has 0 radical (unpaired) electrons. The number of aryl methyl sites for hydroxylation is 1. The average molecular weight is 399 g/mol. The zero-order valence-corrected chi connectivity index (χ0v) is 16.4. The van der Waals surface area contributed by atoms with Crippen LogP contribution in [-0.4, -0.2) is 22.4 Å². The lowest BCUT2D eigenvalue weighted by atomic mass is 9.83. The van der Waals surface area contributed by atoms with Crippen LogP contribution in [0.4, 0.5) is 0 Å². The van der Waals surface area contributed by atoms with Gasteiger partial charge in [-0.2, -0.15) is 10.4 Å². The van der Waals surface area contributed by atoms with Crippen molar-refractivity contribution in [3.63, 3.8) is 0 Å². The summed E-state index contributed by atoms with van der Waals surface area (Å²) in [4.78, 5) is 12.7. The van der Waals surface area contributed by atoms with Crippen molar-refractivity contribution in [2.75, 3.05) is 6.61 Å². The van der Waals surface area contributed by atoms with Crippen molar-refractivity contribution in [3.8, 4) is 11.8 Å². The highest BCUT2D eigenvalue weighted by molar-refractivity contribution is 6.31. The highest BCUT2D eigenvalue weighted by Crippen LogP contribution is 2.43. The van der Waals surface area contributed by atoms with Crippen molar-refractivity contribution >= 4 is 17.6 Å². The summed E-state index contributed by atoms with van der Waals surface area (Å²) < 4.78 is 12.2. The number of halogens is 1. The van der Waals surface area contributed by atoms with Gasteiger partial charge >= 0.3 is 5.97 Å². The van der Waals surface area contributed by atoms with E-state index in [9.17, 15) is 10.1 Å². The first-order chi connectivity index (χ1) is 13.4. The first-order valence-electron chi connectivity index (χ1n) is 8.66. The van der Waals surface area contributed by atoms with E-state index in [-0.39, 0.29) is 34.5 Å². The smallest absolute Gasteiger partial charge is 0.338 e. The number of aromatic nitrogens is 2. The third kappa shape index (κ3) is 3.23. The van der Waals surface area contributed by atoms with Crippen LogP contribution in [0.25, 0.3) is 5.69 Å². The second-order valence-corrected chi connectivity index (χ2v) is 6.51. The molecule has 144 valence electrons. The number of benzene rings is 1. The Balaban J connectivity index is 2.24. The standard InChI is InChI=1S/C20H19ClN4O3/c1-4-27-20(26)16-12(3)28-19(23)14(10-22)17(16)15-11(2)24-25(18(15)21)13-8-6-5-7-9-13/h5-9,17H,4,23H2,1-3H3/t17-/m1/s1. The molecule has 1 atom stereocenters. The molecule has 0 unspecified atom stereocenters. The summed E-state index contributed by atoms with van der Waals surface area (Å²) in [5, 5.41) is 14.5. The number of carbonyl (C=O) groups excluding carboxylic acids is 1. The topological polar surface area (TPSA) is 103 Å². The molecule has 8 heteroatoms. The molecule has 0 fully saturated rings. The molecule has 2 heterocycles. The Kier molecular flexibility index (Phi) is 5.43. The molecule has 0 saturated carbocycles. The van der Waals surface area contributed by atoms with E-state index < -0.39 is 11.9 Å². The van der Waals surface area contributed by atoms with Gasteiger partial charge in [-0.3, -0.25) is 0 Å². The number of nitrogens with zero attached hydrogens (tertiary/aromatic N) is 3. The zero-order valence-electron chi connectivity index (χ0n) is 15.7. The number of esters is 1. The summed E-state index contributed by atoms with van der Waals surface area (Å²) in [6, 6.07) is 11.4. The minimum atomic E-state index is -0.831. The van der Waals surface area contributed by atoms with Crippen molar-refractivity contribution in [2.45, 2.75) is 26.7 Å². The second-order valence-electron chi connectivity index (χ2n) is 6.15. The molecular weight excluding hydrogens is 380 g/mol. The van der Waals surface area contributed by atoms with Crippen molar-refractivity contribution < 1.29 is 14.3 Å². The van der Waals surface area contributed by atoms with E-state index in [0.717, 1.165) is 5.69 Å². The highest BCUT2D eigenvalue weighted by atomic mass is 35.5. The number of nitrogens with two attached hydrogens (primary N) is 1. The molecule has 1 aromatic heterocycles. The third-order valence-corrected chi connectivity index (χ3v) is 4.80.